The van der Waals surface area contributed by atoms with Gasteiger partial charge in [-0.15, -0.1) is 11.8 Å². The lowest BCUT2D eigenvalue weighted by Gasteiger charge is -2.09. The van der Waals surface area contributed by atoms with Crippen LogP contribution >= 0.6 is 11.8 Å². The molecule has 0 atom stereocenters. The van der Waals surface area contributed by atoms with Gasteiger partial charge >= 0.3 is 0 Å². The second kappa shape index (κ2) is 4.83. The predicted octanol–water partition coefficient (Wildman–Crippen LogP) is 3.87. The van der Waals surface area contributed by atoms with Gasteiger partial charge in [0.05, 0.1) is 4.90 Å². The van der Waals surface area contributed by atoms with Crippen LogP contribution in [-0.4, -0.2) is 10.2 Å². The zero-order valence-corrected chi connectivity index (χ0v) is 10.7. The van der Waals surface area contributed by atoms with Crippen LogP contribution in [0.25, 0.3) is 11.1 Å². The molecule has 0 amide bonds. The maximum absolute atomic E-state index is 9.20. The van der Waals surface area contributed by atoms with Crippen molar-refractivity contribution in [3.05, 3.63) is 48.3 Å². The predicted molar refractivity (Wildman–Crippen MR) is 73.3 cm³/mol. The third-order valence-electron chi connectivity index (χ3n) is 2.90. The van der Waals surface area contributed by atoms with Gasteiger partial charge in [-0.25, -0.2) is 4.98 Å². The SMILES string of the molecule is N#Cc1nccc(-c2ccccc2)c1SC1CC1. The molecular formula is C15H12N2S. The van der Waals surface area contributed by atoms with E-state index in [0.717, 1.165) is 16.0 Å². The molecule has 3 rings (SSSR count). The highest BCUT2D eigenvalue weighted by atomic mass is 32.2. The van der Waals surface area contributed by atoms with Crippen molar-refractivity contribution in [1.29, 1.82) is 5.26 Å². The van der Waals surface area contributed by atoms with Gasteiger partial charge in [-0.3, -0.25) is 0 Å². The lowest BCUT2D eigenvalue weighted by Crippen LogP contribution is -1.92. The number of pyridine rings is 1. The molecule has 18 heavy (non-hydrogen) atoms. The van der Waals surface area contributed by atoms with E-state index in [2.05, 4.69) is 23.2 Å². The summed E-state index contributed by atoms with van der Waals surface area (Å²) >= 11 is 1.80. The van der Waals surface area contributed by atoms with Gasteiger partial charge in [-0.05, 0) is 30.0 Å². The van der Waals surface area contributed by atoms with E-state index in [9.17, 15) is 5.26 Å². The minimum Gasteiger partial charge on any atom is -0.244 e. The number of hydrogen-bond donors (Lipinski definition) is 0. The average Bonchev–Trinajstić information content (AvgIpc) is 3.24. The summed E-state index contributed by atoms with van der Waals surface area (Å²) in [6.45, 7) is 0. The van der Waals surface area contributed by atoms with E-state index in [0.29, 0.717) is 10.9 Å². The maximum atomic E-state index is 9.20. The van der Waals surface area contributed by atoms with Crippen molar-refractivity contribution in [3.8, 4) is 17.2 Å². The Bertz CT molecular complexity index is 598. The average molecular weight is 252 g/mol. The fourth-order valence-corrected chi connectivity index (χ4v) is 3.07. The number of hydrogen-bond acceptors (Lipinski definition) is 3. The monoisotopic (exact) mass is 252 g/mol. The standard InChI is InChI=1S/C15H12N2S/c16-10-14-15(18-12-6-7-12)13(8-9-17-14)11-4-2-1-3-5-11/h1-5,8-9,12H,6-7H2. The molecule has 0 spiro atoms. The van der Waals surface area contributed by atoms with Gasteiger partial charge in [0.1, 0.15) is 6.07 Å². The summed E-state index contributed by atoms with van der Waals surface area (Å²) in [4.78, 5) is 5.22. The summed E-state index contributed by atoms with van der Waals surface area (Å²) in [5.74, 6) is 0. The fraction of sp³-hybridized carbons (Fsp3) is 0.200. The number of nitrogens with zero attached hydrogens (tertiary/aromatic N) is 2. The second-order valence-corrected chi connectivity index (χ2v) is 5.64. The first-order valence-electron chi connectivity index (χ1n) is 5.99. The summed E-state index contributed by atoms with van der Waals surface area (Å²) in [6.07, 6.45) is 4.22. The first-order chi connectivity index (χ1) is 8.88. The number of thioether (sulfide) groups is 1. The number of nitriles is 1. The highest BCUT2D eigenvalue weighted by molar-refractivity contribution is 8.00. The molecule has 2 nitrogen and oxygen atoms in total. The van der Waals surface area contributed by atoms with Crippen molar-refractivity contribution in [2.45, 2.75) is 23.0 Å². The Kier molecular flexibility index (Phi) is 3.04. The summed E-state index contributed by atoms with van der Waals surface area (Å²) < 4.78 is 0. The molecule has 1 fully saturated rings. The van der Waals surface area contributed by atoms with Gasteiger partial charge in [0.15, 0.2) is 5.69 Å². The van der Waals surface area contributed by atoms with Crippen LogP contribution < -0.4 is 0 Å². The van der Waals surface area contributed by atoms with E-state index in [4.69, 9.17) is 0 Å². The Labute approximate surface area is 111 Å². The van der Waals surface area contributed by atoms with E-state index in [-0.39, 0.29) is 0 Å². The molecule has 2 aromatic rings. The maximum Gasteiger partial charge on any atom is 0.154 e. The van der Waals surface area contributed by atoms with Crippen LogP contribution in [0.5, 0.6) is 0 Å². The Morgan fingerprint density at radius 2 is 1.94 bits per heavy atom. The zero-order valence-electron chi connectivity index (χ0n) is 9.84. The van der Waals surface area contributed by atoms with Gasteiger partial charge in [0.2, 0.25) is 0 Å². The van der Waals surface area contributed by atoms with E-state index in [1.54, 1.807) is 18.0 Å². The molecule has 0 saturated heterocycles. The quantitative estimate of drug-likeness (QED) is 0.832. The molecule has 1 aliphatic rings. The van der Waals surface area contributed by atoms with Crippen LogP contribution in [0.2, 0.25) is 0 Å². The van der Waals surface area contributed by atoms with Crippen molar-refractivity contribution < 1.29 is 0 Å². The Hall–Kier alpha value is -1.79. The Balaban J connectivity index is 2.10. The summed E-state index contributed by atoms with van der Waals surface area (Å²) in [5.41, 5.74) is 2.83. The highest BCUT2D eigenvalue weighted by Crippen LogP contribution is 2.43. The summed E-state index contributed by atoms with van der Waals surface area (Å²) in [5, 5.41) is 9.87. The van der Waals surface area contributed by atoms with E-state index in [1.807, 2.05) is 24.3 Å². The molecule has 1 heterocycles. The van der Waals surface area contributed by atoms with E-state index >= 15 is 0 Å². The van der Waals surface area contributed by atoms with Gasteiger partial charge in [0, 0.05) is 11.4 Å². The third-order valence-corrected chi connectivity index (χ3v) is 4.36. The van der Waals surface area contributed by atoms with Crippen molar-refractivity contribution in [1.82, 2.24) is 4.98 Å². The van der Waals surface area contributed by atoms with Crippen LogP contribution in [0.1, 0.15) is 18.5 Å². The Morgan fingerprint density at radius 3 is 2.61 bits per heavy atom. The molecule has 1 aromatic heterocycles. The molecule has 0 radical (unpaired) electrons. The highest BCUT2D eigenvalue weighted by Gasteiger charge is 2.25. The van der Waals surface area contributed by atoms with Crippen molar-refractivity contribution in [2.24, 2.45) is 0 Å². The minimum absolute atomic E-state index is 0.549. The zero-order chi connectivity index (χ0) is 12.4. The summed E-state index contributed by atoms with van der Waals surface area (Å²) in [6, 6.07) is 14.4. The van der Waals surface area contributed by atoms with Crippen molar-refractivity contribution >= 4 is 11.8 Å². The molecule has 1 aromatic carbocycles. The molecule has 0 bridgehead atoms. The largest absolute Gasteiger partial charge is 0.244 e. The van der Waals surface area contributed by atoms with Gasteiger partial charge in [-0.2, -0.15) is 5.26 Å². The number of aromatic nitrogens is 1. The van der Waals surface area contributed by atoms with Gasteiger partial charge in [-0.1, -0.05) is 30.3 Å². The molecule has 1 saturated carbocycles. The molecule has 0 aliphatic heterocycles. The summed E-state index contributed by atoms with van der Waals surface area (Å²) in [7, 11) is 0. The second-order valence-electron chi connectivity index (χ2n) is 4.33. The number of benzene rings is 1. The molecule has 1 aliphatic carbocycles. The van der Waals surface area contributed by atoms with Crippen LogP contribution in [-0.2, 0) is 0 Å². The molecule has 3 heteroatoms. The molecular weight excluding hydrogens is 240 g/mol. The van der Waals surface area contributed by atoms with Gasteiger partial charge in [0.25, 0.3) is 0 Å². The first kappa shape index (κ1) is 11.3. The topological polar surface area (TPSA) is 36.7 Å². The number of rotatable bonds is 3. The van der Waals surface area contributed by atoms with E-state index in [1.165, 1.54) is 12.8 Å². The van der Waals surface area contributed by atoms with Crippen molar-refractivity contribution in [3.63, 3.8) is 0 Å². The fourth-order valence-electron chi connectivity index (χ4n) is 1.84. The van der Waals surface area contributed by atoms with Crippen LogP contribution in [0.4, 0.5) is 0 Å². The molecule has 88 valence electrons. The molecule has 0 unspecified atom stereocenters. The van der Waals surface area contributed by atoms with Gasteiger partial charge < -0.3 is 0 Å². The molecule has 0 N–H and O–H groups in total. The smallest absolute Gasteiger partial charge is 0.154 e. The lowest BCUT2D eigenvalue weighted by molar-refractivity contribution is 1.18. The van der Waals surface area contributed by atoms with Crippen molar-refractivity contribution in [2.75, 3.05) is 0 Å². The van der Waals surface area contributed by atoms with E-state index < -0.39 is 0 Å². The lowest BCUT2D eigenvalue weighted by atomic mass is 10.1. The van der Waals surface area contributed by atoms with Crippen LogP contribution in [0.15, 0.2) is 47.5 Å². The van der Waals surface area contributed by atoms with Crippen LogP contribution in [0, 0.1) is 11.3 Å². The van der Waals surface area contributed by atoms with Crippen LogP contribution in [0.3, 0.4) is 0 Å². The first-order valence-corrected chi connectivity index (χ1v) is 6.87. The normalized spacial score (nSPS) is 14.2. The third kappa shape index (κ3) is 2.25. The minimum atomic E-state index is 0.549. The Morgan fingerprint density at radius 1 is 1.17 bits per heavy atom.